The molecule has 2 saturated carbocycles. The highest BCUT2D eigenvalue weighted by molar-refractivity contribution is 7.96. The van der Waals surface area contributed by atoms with Gasteiger partial charge in [0, 0.05) is 30.4 Å². The standard InChI is InChI=1S/C20H28N2O3S/c21-12-20-11-18(24)15(8-9-17(23)13-4-1-2-5-13)16(20)10-14(22-20)6-3-7-19(25)26/h8-9,13,15-18,23-24H,1-7,10-11H2,(H,25,26). The SMILES string of the molecule is N#CC12CC(O)C(C=CC(O)C3CCCC3)C1CC(CCCC(=O)S)=N2. The largest absolute Gasteiger partial charge is 0.392 e. The highest BCUT2D eigenvalue weighted by atomic mass is 32.1. The van der Waals surface area contributed by atoms with E-state index in [-0.39, 0.29) is 17.0 Å². The van der Waals surface area contributed by atoms with Crippen molar-refractivity contribution >= 4 is 23.5 Å². The van der Waals surface area contributed by atoms with Crippen molar-refractivity contribution < 1.29 is 15.0 Å². The van der Waals surface area contributed by atoms with Crippen LogP contribution in [0.5, 0.6) is 0 Å². The number of fused-ring (bicyclic) bond motifs is 1. The Morgan fingerprint density at radius 2 is 2.19 bits per heavy atom. The summed E-state index contributed by atoms with van der Waals surface area (Å²) in [6, 6.07) is 2.35. The van der Waals surface area contributed by atoms with Crippen molar-refractivity contribution in [3.63, 3.8) is 0 Å². The summed E-state index contributed by atoms with van der Waals surface area (Å²) in [5.41, 5.74) is 0.111. The molecule has 26 heavy (non-hydrogen) atoms. The highest BCUT2D eigenvalue weighted by Gasteiger charge is 2.56. The van der Waals surface area contributed by atoms with Crippen molar-refractivity contribution in [2.45, 2.75) is 75.5 Å². The lowest BCUT2D eigenvalue weighted by Crippen LogP contribution is -2.27. The van der Waals surface area contributed by atoms with Crippen LogP contribution < -0.4 is 0 Å². The van der Waals surface area contributed by atoms with E-state index in [0.29, 0.717) is 38.0 Å². The molecule has 2 aliphatic carbocycles. The van der Waals surface area contributed by atoms with Gasteiger partial charge in [-0.25, -0.2) is 0 Å². The zero-order valence-corrected chi connectivity index (χ0v) is 15.9. The van der Waals surface area contributed by atoms with Gasteiger partial charge in [0.1, 0.15) is 0 Å². The lowest BCUT2D eigenvalue weighted by Gasteiger charge is -2.21. The number of aliphatic hydroxyl groups is 2. The van der Waals surface area contributed by atoms with Crippen molar-refractivity contribution in [3.8, 4) is 6.07 Å². The Labute approximate surface area is 160 Å². The van der Waals surface area contributed by atoms with Gasteiger partial charge in [-0.3, -0.25) is 9.79 Å². The molecule has 1 heterocycles. The number of carbonyl (C=O) groups is 1. The van der Waals surface area contributed by atoms with Crippen LogP contribution in [0.3, 0.4) is 0 Å². The van der Waals surface area contributed by atoms with Crippen LogP contribution >= 0.6 is 12.6 Å². The minimum Gasteiger partial charge on any atom is -0.392 e. The minimum absolute atomic E-state index is 0.0452. The van der Waals surface area contributed by atoms with Crippen LogP contribution in [0.4, 0.5) is 0 Å². The molecule has 0 aromatic rings. The average Bonchev–Trinajstić information content (AvgIpc) is 3.28. The fraction of sp³-hybridized carbons (Fsp3) is 0.750. The average molecular weight is 377 g/mol. The summed E-state index contributed by atoms with van der Waals surface area (Å²) in [5, 5.41) is 30.5. The van der Waals surface area contributed by atoms with Gasteiger partial charge in [-0.1, -0.05) is 25.0 Å². The normalized spacial score (nSPS) is 35.5. The van der Waals surface area contributed by atoms with Crippen LogP contribution in [0, 0.1) is 29.1 Å². The van der Waals surface area contributed by atoms with Gasteiger partial charge in [-0.05, 0) is 38.0 Å². The molecule has 142 valence electrons. The Bertz CT molecular complexity index is 635. The predicted octanol–water partition coefficient (Wildman–Crippen LogP) is 2.82. The number of hydrogen-bond donors (Lipinski definition) is 3. The van der Waals surface area contributed by atoms with Gasteiger partial charge >= 0.3 is 0 Å². The number of hydrogen-bond acceptors (Lipinski definition) is 5. The van der Waals surface area contributed by atoms with E-state index in [0.717, 1.165) is 18.6 Å². The molecular weight excluding hydrogens is 348 g/mol. The Morgan fingerprint density at radius 3 is 2.85 bits per heavy atom. The summed E-state index contributed by atoms with van der Waals surface area (Å²) in [5.74, 6) is 0.120. The maximum atomic E-state index is 11.0. The Kier molecular flexibility index (Phi) is 6.21. The van der Waals surface area contributed by atoms with Gasteiger partial charge < -0.3 is 10.2 Å². The summed E-state index contributed by atoms with van der Waals surface area (Å²) in [6.07, 6.45) is 9.97. The van der Waals surface area contributed by atoms with Crippen molar-refractivity contribution in [1.29, 1.82) is 5.26 Å². The van der Waals surface area contributed by atoms with Gasteiger partial charge in [-0.15, -0.1) is 12.6 Å². The molecule has 0 bridgehead atoms. The summed E-state index contributed by atoms with van der Waals surface area (Å²) >= 11 is 3.79. The van der Waals surface area contributed by atoms with E-state index in [1.165, 1.54) is 12.8 Å². The molecular formula is C20H28N2O3S. The molecule has 2 N–H and O–H groups in total. The second-order valence-corrected chi connectivity index (χ2v) is 8.54. The van der Waals surface area contributed by atoms with Crippen molar-refractivity contribution in [2.24, 2.45) is 22.7 Å². The summed E-state index contributed by atoms with van der Waals surface area (Å²) < 4.78 is 0. The number of aliphatic hydroxyl groups excluding tert-OH is 2. The maximum absolute atomic E-state index is 11.0. The smallest absolute Gasteiger partial charge is 0.185 e. The van der Waals surface area contributed by atoms with E-state index >= 15 is 0 Å². The van der Waals surface area contributed by atoms with Gasteiger partial charge in [0.15, 0.2) is 10.7 Å². The van der Waals surface area contributed by atoms with Gasteiger partial charge in [0.05, 0.1) is 18.3 Å². The third kappa shape index (κ3) is 4.05. The Balaban J connectivity index is 1.66. The number of carbonyl (C=O) groups excluding carboxylic acids is 1. The fourth-order valence-corrected chi connectivity index (χ4v) is 5.08. The summed E-state index contributed by atoms with van der Waals surface area (Å²) in [4.78, 5) is 15.7. The molecule has 6 heteroatoms. The fourth-order valence-electron chi connectivity index (χ4n) is 4.92. The third-order valence-electron chi connectivity index (χ3n) is 6.32. The Morgan fingerprint density at radius 1 is 1.46 bits per heavy atom. The Hall–Kier alpha value is -1.16. The number of aliphatic imine (C=N–C) groups is 1. The first-order valence-electron chi connectivity index (χ1n) is 9.70. The molecule has 0 saturated heterocycles. The predicted molar refractivity (Wildman–Crippen MR) is 103 cm³/mol. The number of nitrogens with zero attached hydrogens (tertiary/aromatic N) is 2. The molecule has 5 nitrogen and oxygen atoms in total. The topological polar surface area (TPSA) is 93.7 Å². The molecule has 5 unspecified atom stereocenters. The first-order chi connectivity index (χ1) is 12.4. The van der Waals surface area contributed by atoms with Crippen LogP contribution in [0.1, 0.15) is 57.8 Å². The first kappa shape index (κ1) is 19.6. The monoisotopic (exact) mass is 376 g/mol. The van der Waals surface area contributed by atoms with Crippen LogP contribution in [0.2, 0.25) is 0 Å². The molecule has 2 fully saturated rings. The van der Waals surface area contributed by atoms with E-state index in [1.54, 1.807) is 0 Å². The molecule has 1 aliphatic heterocycles. The van der Waals surface area contributed by atoms with E-state index in [1.807, 2.05) is 12.2 Å². The lowest BCUT2D eigenvalue weighted by atomic mass is 9.82. The zero-order valence-electron chi connectivity index (χ0n) is 15.0. The molecule has 0 amide bonds. The van der Waals surface area contributed by atoms with Crippen molar-refractivity contribution in [2.75, 3.05) is 0 Å². The van der Waals surface area contributed by atoms with E-state index in [4.69, 9.17) is 0 Å². The molecule has 5 atom stereocenters. The quantitative estimate of drug-likeness (QED) is 0.470. The van der Waals surface area contributed by atoms with E-state index in [9.17, 15) is 20.3 Å². The van der Waals surface area contributed by atoms with Crippen LogP contribution in [-0.2, 0) is 4.79 Å². The second kappa shape index (κ2) is 8.24. The van der Waals surface area contributed by atoms with Crippen molar-refractivity contribution in [3.05, 3.63) is 12.2 Å². The number of nitriles is 1. The lowest BCUT2D eigenvalue weighted by molar-refractivity contribution is -0.110. The molecule has 3 aliphatic rings. The summed E-state index contributed by atoms with van der Waals surface area (Å²) in [6.45, 7) is 0. The third-order valence-corrected chi connectivity index (χ3v) is 6.54. The number of thiol groups is 1. The zero-order chi connectivity index (χ0) is 18.7. The molecule has 0 aromatic carbocycles. The highest BCUT2D eigenvalue weighted by Crippen LogP contribution is 2.50. The molecule has 0 aromatic heterocycles. The first-order valence-corrected chi connectivity index (χ1v) is 10.1. The van der Waals surface area contributed by atoms with Gasteiger partial charge in [-0.2, -0.15) is 5.26 Å². The molecule has 3 rings (SSSR count). The molecule has 0 spiro atoms. The second-order valence-electron chi connectivity index (χ2n) is 8.04. The summed E-state index contributed by atoms with van der Waals surface area (Å²) in [7, 11) is 0. The van der Waals surface area contributed by atoms with E-state index < -0.39 is 17.7 Å². The van der Waals surface area contributed by atoms with E-state index in [2.05, 4.69) is 23.7 Å². The van der Waals surface area contributed by atoms with Crippen molar-refractivity contribution in [1.82, 2.24) is 0 Å². The van der Waals surface area contributed by atoms with Gasteiger partial charge in [0.25, 0.3) is 0 Å². The number of rotatable bonds is 7. The molecule has 0 radical (unpaired) electrons. The van der Waals surface area contributed by atoms with Gasteiger partial charge in [0.2, 0.25) is 0 Å². The maximum Gasteiger partial charge on any atom is 0.185 e. The van der Waals surface area contributed by atoms with Crippen LogP contribution in [0.25, 0.3) is 0 Å². The van der Waals surface area contributed by atoms with Crippen LogP contribution in [0.15, 0.2) is 17.1 Å². The minimum atomic E-state index is -0.854. The van der Waals surface area contributed by atoms with Crippen LogP contribution in [-0.4, -0.2) is 38.8 Å².